The van der Waals surface area contributed by atoms with Crippen LogP contribution < -0.4 is 5.32 Å². The van der Waals surface area contributed by atoms with Gasteiger partial charge in [-0.2, -0.15) is 5.10 Å². The van der Waals surface area contributed by atoms with Crippen LogP contribution in [-0.4, -0.2) is 16.8 Å². The molecule has 2 aromatic heterocycles. The number of rotatable bonds is 3. The van der Waals surface area contributed by atoms with Gasteiger partial charge in [0.05, 0.1) is 11.7 Å². The first-order valence-electron chi connectivity index (χ1n) is 4.92. The Morgan fingerprint density at radius 2 is 2.33 bits per heavy atom. The van der Waals surface area contributed by atoms with Crippen LogP contribution in [0.3, 0.4) is 0 Å². The highest BCUT2D eigenvalue weighted by Crippen LogP contribution is 2.24. The van der Waals surface area contributed by atoms with Crippen LogP contribution >= 0.6 is 11.3 Å². The molecule has 0 aromatic carbocycles. The van der Waals surface area contributed by atoms with E-state index in [1.165, 1.54) is 10.4 Å². The number of nitrogens with zero attached hydrogens (tertiary/aromatic N) is 2. The van der Waals surface area contributed by atoms with E-state index in [1.807, 2.05) is 31.0 Å². The van der Waals surface area contributed by atoms with Crippen LogP contribution in [0.1, 0.15) is 22.2 Å². The van der Waals surface area contributed by atoms with Crippen LogP contribution in [0.5, 0.6) is 0 Å². The van der Waals surface area contributed by atoms with Crippen molar-refractivity contribution in [2.24, 2.45) is 7.05 Å². The molecule has 0 radical (unpaired) electrons. The lowest BCUT2D eigenvalue weighted by Crippen LogP contribution is -2.17. The fourth-order valence-corrected chi connectivity index (χ4v) is 2.42. The van der Waals surface area contributed by atoms with E-state index in [-0.39, 0.29) is 6.04 Å². The Kier molecular flexibility index (Phi) is 2.88. The molecule has 0 amide bonds. The summed E-state index contributed by atoms with van der Waals surface area (Å²) in [6.45, 7) is 2.12. The molecular weight excluding hydrogens is 206 g/mol. The zero-order valence-electron chi connectivity index (χ0n) is 9.19. The maximum atomic E-state index is 4.43. The molecule has 0 spiro atoms. The van der Waals surface area contributed by atoms with Gasteiger partial charge in [0, 0.05) is 18.1 Å². The molecule has 2 aromatic rings. The molecule has 2 heterocycles. The maximum absolute atomic E-state index is 4.43. The summed E-state index contributed by atoms with van der Waals surface area (Å²) < 4.78 is 1.83. The van der Waals surface area contributed by atoms with Crippen molar-refractivity contribution in [1.82, 2.24) is 15.1 Å². The molecule has 2 rings (SSSR count). The highest BCUT2D eigenvalue weighted by molar-refractivity contribution is 7.10. The summed E-state index contributed by atoms with van der Waals surface area (Å²) >= 11 is 1.77. The first kappa shape index (κ1) is 10.4. The normalized spacial score (nSPS) is 13.0. The molecule has 0 aliphatic heterocycles. The van der Waals surface area contributed by atoms with Crippen LogP contribution in [-0.2, 0) is 7.05 Å². The molecule has 1 N–H and O–H groups in total. The van der Waals surface area contributed by atoms with Crippen LogP contribution in [0.4, 0.5) is 0 Å². The van der Waals surface area contributed by atoms with Crippen molar-refractivity contribution in [2.45, 2.75) is 13.0 Å². The monoisotopic (exact) mass is 221 g/mol. The van der Waals surface area contributed by atoms with Gasteiger partial charge in [-0.25, -0.2) is 0 Å². The summed E-state index contributed by atoms with van der Waals surface area (Å²) in [7, 11) is 3.90. The minimum Gasteiger partial charge on any atom is -0.308 e. The Morgan fingerprint density at radius 3 is 2.80 bits per heavy atom. The van der Waals surface area contributed by atoms with Crippen molar-refractivity contribution in [3.63, 3.8) is 0 Å². The Morgan fingerprint density at radius 1 is 1.53 bits per heavy atom. The molecule has 0 saturated heterocycles. The molecule has 0 bridgehead atoms. The van der Waals surface area contributed by atoms with E-state index in [1.54, 1.807) is 11.3 Å². The summed E-state index contributed by atoms with van der Waals surface area (Å²) in [5, 5.41) is 9.90. The van der Waals surface area contributed by atoms with Gasteiger partial charge in [-0.1, -0.05) is 0 Å². The van der Waals surface area contributed by atoms with Crippen molar-refractivity contribution in [3.8, 4) is 0 Å². The molecular formula is C11H15N3S. The standard InChI is InChI=1S/C11H15N3S/c1-8-6-9(7-15-8)11(12-2)10-4-5-14(3)13-10/h4-7,11-12H,1-3H3. The Balaban J connectivity index is 2.32. The molecule has 0 fully saturated rings. The van der Waals surface area contributed by atoms with Crippen molar-refractivity contribution >= 4 is 11.3 Å². The topological polar surface area (TPSA) is 29.9 Å². The number of nitrogens with one attached hydrogen (secondary N) is 1. The first-order valence-corrected chi connectivity index (χ1v) is 5.80. The van der Waals surface area contributed by atoms with Crippen LogP contribution in [0.2, 0.25) is 0 Å². The molecule has 4 heteroatoms. The van der Waals surface area contributed by atoms with Gasteiger partial charge in [-0.15, -0.1) is 11.3 Å². The van der Waals surface area contributed by atoms with Crippen molar-refractivity contribution in [1.29, 1.82) is 0 Å². The average Bonchev–Trinajstić information content (AvgIpc) is 2.78. The van der Waals surface area contributed by atoms with Crippen LogP contribution in [0.15, 0.2) is 23.7 Å². The molecule has 0 aliphatic rings. The predicted octanol–water partition coefficient (Wildman–Crippen LogP) is 2.10. The quantitative estimate of drug-likeness (QED) is 0.860. The van der Waals surface area contributed by atoms with Crippen molar-refractivity contribution < 1.29 is 0 Å². The number of aryl methyl sites for hydroxylation is 2. The molecule has 1 atom stereocenters. The van der Waals surface area contributed by atoms with E-state index < -0.39 is 0 Å². The third kappa shape index (κ3) is 2.11. The number of hydrogen-bond donors (Lipinski definition) is 1. The third-order valence-corrected chi connectivity index (χ3v) is 3.28. The van der Waals surface area contributed by atoms with E-state index in [0.29, 0.717) is 0 Å². The average molecular weight is 221 g/mol. The van der Waals surface area contributed by atoms with E-state index in [4.69, 9.17) is 0 Å². The molecule has 80 valence electrons. The molecule has 0 aliphatic carbocycles. The second-order valence-electron chi connectivity index (χ2n) is 3.63. The molecule has 15 heavy (non-hydrogen) atoms. The number of thiophene rings is 1. The van der Waals surface area contributed by atoms with Crippen molar-refractivity contribution in [2.75, 3.05) is 7.05 Å². The van der Waals surface area contributed by atoms with E-state index in [9.17, 15) is 0 Å². The lowest BCUT2D eigenvalue weighted by atomic mass is 10.1. The minimum atomic E-state index is 0.205. The first-order chi connectivity index (χ1) is 7.20. The molecule has 1 unspecified atom stereocenters. The highest BCUT2D eigenvalue weighted by atomic mass is 32.1. The zero-order valence-corrected chi connectivity index (χ0v) is 10.0. The maximum Gasteiger partial charge on any atom is 0.0839 e. The second kappa shape index (κ2) is 4.16. The summed E-state index contributed by atoms with van der Waals surface area (Å²) in [5.41, 5.74) is 2.36. The fourth-order valence-electron chi connectivity index (χ4n) is 1.69. The largest absolute Gasteiger partial charge is 0.308 e. The van der Waals surface area contributed by atoms with Gasteiger partial charge in [0.15, 0.2) is 0 Å². The van der Waals surface area contributed by atoms with Crippen LogP contribution in [0.25, 0.3) is 0 Å². The minimum absolute atomic E-state index is 0.205. The SMILES string of the molecule is CNC(c1csc(C)c1)c1ccn(C)n1. The van der Waals surface area contributed by atoms with E-state index in [0.717, 1.165) is 5.69 Å². The summed E-state index contributed by atoms with van der Waals surface area (Å²) in [4.78, 5) is 1.33. The fraction of sp³-hybridized carbons (Fsp3) is 0.364. The smallest absolute Gasteiger partial charge is 0.0839 e. The Hall–Kier alpha value is -1.13. The van der Waals surface area contributed by atoms with Gasteiger partial charge in [0.1, 0.15) is 0 Å². The Labute approximate surface area is 93.7 Å². The predicted molar refractivity (Wildman–Crippen MR) is 63.2 cm³/mol. The summed E-state index contributed by atoms with van der Waals surface area (Å²) in [6.07, 6.45) is 1.97. The lowest BCUT2D eigenvalue weighted by molar-refractivity contribution is 0.643. The van der Waals surface area contributed by atoms with Crippen LogP contribution in [0, 0.1) is 6.92 Å². The lowest BCUT2D eigenvalue weighted by Gasteiger charge is -2.11. The van der Waals surface area contributed by atoms with E-state index >= 15 is 0 Å². The third-order valence-electron chi connectivity index (χ3n) is 2.40. The van der Waals surface area contributed by atoms with Gasteiger partial charge in [0.2, 0.25) is 0 Å². The van der Waals surface area contributed by atoms with Gasteiger partial charge < -0.3 is 5.32 Å². The van der Waals surface area contributed by atoms with Gasteiger partial charge >= 0.3 is 0 Å². The second-order valence-corrected chi connectivity index (χ2v) is 4.74. The number of aromatic nitrogens is 2. The van der Waals surface area contributed by atoms with Crippen molar-refractivity contribution in [3.05, 3.63) is 39.8 Å². The van der Waals surface area contributed by atoms with Gasteiger partial charge in [-0.3, -0.25) is 4.68 Å². The van der Waals surface area contributed by atoms with E-state index in [2.05, 4.69) is 28.8 Å². The molecule has 0 saturated carbocycles. The van der Waals surface area contributed by atoms with Gasteiger partial charge in [-0.05, 0) is 37.0 Å². The van der Waals surface area contributed by atoms with Gasteiger partial charge in [0.25, 0.3) is 0 Å². The zero-order chi connectivity index (χ0) is 10.8. The Bertz CT molecular complexity index is 404. The highest BCUT2D eigenvalue weighted by Gasteiger charge is 2.15. The summed E-state index contributed by atoms with van der Waals surface area (Å²) in [6, 6.07) is 4.46. The molecule has 3 nitrogen and oxygen atoms in total. The number of hydrogen-bond acceptors (Lipinski definition) is 3. The summed E-state index contributed by atoms with van der Waals surface area (Å²) in [5.74, 6) is 0.